The Morgan fingerprint density at radius 2 is 2.00 bits per heavy atom. The third-order valence-electron chi connectivity index (χ3n) is 3.91. The van der Waals surface area contributed by atoms with Gasteiger partial charge < -0.3 is 5.73 Å². The van der Waals surface area contributed by atoms with Crippen LogP contribution >= 0.6 is 0 Å². The second kappa shape index (κ2) is 5.13. The monoisotopic (exact) mass is 256 g/mol. The van der Waals surface area contributed by atoms with Gasteiger partial charge in [-0.05, 0) is 19.3 Å². The molecule has 1 fully saturated rings. The lowest BCUT2D eigenvalue weighted by atomic mass is 9.85. The molecule has 2 atom stereocenters. The Kier molecular flexibility index (Phi) is 3.34. The van der Waals surface area contributed by atoms with Gasteiger partial charge >= 0.3 is 0 Å². The zero-order valence-corrected chi connectivity index (χ0v) is 11.3. The number of aryl methyl sites for hydroxylation is 1. The molecule has 100 valence electrons. The molecule has 4 heteroatoms. The summed E-state index contributed by atoms with van der Waals surface area (Å²) in [5.74, 6) is 2.35. The Labute approximate surface area is 113 Å². The summed E-state index contributed by atoms with van der Waals surface area (Å²) in [7, 11) is 1.98. The largest absolute Gasteiger partial charge is 0.328 e. The highest BCUT2D eigenvalue weighted by Crippen LogP contribution is 2.31. The Morgan fingerprint density at radius 3 is 2.74 bits per heavy atom. The van der Waals surface area contributed by atoms with E-state index >= 15 is 0 Å². The highest BCUT2D eigenvalue weighted by Gasteiger charge is 2.25. The SMILES string of the molecule is Cn1nc(-c2ccccc2)nc1C1CCCC(N)C1. The van der Waals surface area contributed by atoms with E-state index in [9.17, 15) is 0 Å². The van der Waals surface area contributed by atoms with Gasteiger partial charge in [0.05, 0.1) is 0 Å². The lowest BCUT2D eigenvalue weighted by molar-refractivity contribution is 0.374. The van der Waals surface area contributed by atoms with Crippen LogP contribution in [0, 0.1) is 0 Å². The molecule has 0 spiro atoms. The van der Waals surface area contributed by atoms with E-state index in [1.54, 1.807) is 0 Å². The molecule has 1 aliphatic carbocycles. The van der Waals surface area contributed by atoms with E-state index in [1.165, 1.54) is 12.8 Å². The summed E-state index contributed by atoms with van der Waals surface area (Å²) < 4.78 is 1.92. The fourth-order valence-corrected chi connectivity index (χ4v) is 2.92. The van der Waals surface area contributed by atoms with Gasteiger partial charge in [0.2, 0.25) is 0 Å². The third-order valence-corrected chi connectivity index (χ3v) is 3.91. The zero-order valence-electron chi connectivity index (χ0n) is 11.3. The molecular weight excluding hydrogens is 236 g/mol. The van der Waals surface area contributed by atoms with Crippen LogP contribution in [0.2, 0.25) is 0 Å². The summed E-state index contributed by atoms with van der Waals surface area (Å²) in [6.45, 7) is 0. The predicted octanol–water partition coefficient (Wildman–Crippen LogP) is 2.47. The molecule has 0 aliphatic heterocycles. The van der Waals surface area contributed by atoms with Crippen molar-refractivity contribution in [1.29, 1.82) is 0 Å². The van der Waals surface area contributed by atoms with Gasteiger partial charge in [-0.3, -0.25) is 4.68 Å². The predicted molar refractivity (Wildman–Crippen MR) is 75.6 cm³/mol. The van der Waals surface area contributed by atoms with Crippen LogP contribution in [0.4, 0.5) is 0 Å². The lowest BCUT2D eigenvalue weighted by Crippen LogP contribution is -2.28. The molecule has 2 unspecified atom stereocenters. The number of hydrogen-bond acceptors (Lipinski definition) is 3. The molecule has 0 amide bonds. The first-order valence-corrected chi connectivity index (χ1v) is 6.96. The van der Waals surface area contributed by atoms with Gasteiger partial charge in [-0.15, -0.1) is 0 Å². The maximum atomic E-state index is 6.07. The van der Waals surface area contributed by atoms with Gasteiger partial charge in [-0.1, -0.05) is 36.8 Å². The van der Waals surface area contributed by atoms with Crippen LogP contribution in [0.1, 0.15) is 37.4 Å². The van der Waals surface area contributed by atoms with E-state index in [0.717, 1.165) is 30.1 Å². The first-order chi connectivity index (χ1) is 9.24. The summed E-state index contributed by atoms with van der Waals surface area (Å²) in [4.78, 5) is 4.73. The minimum absolute atomic E-state index is 0.315. The second-order valence-corrected chi connectivity index (χ2v) is 5.41. The van der Waals surface area contributed by atoms with E-state index in [-0.39, 0.29) is 0 Å². The first-order valence-electron chi connectivity index (χ1n) is 6.96. The first kappa shape index (κ1) is 12.4. The normalized spacial score (nSPS) is 23.5. The van der Waals surface area contributed by atoms with Crippen molar-refractivity contribution < 1.29 is 0 Å². The lowest BCUT2D eigenvalue weighted by Gasteiger charge is -2.25. The molecule has 0 bridgehead atoms. The summed E-state index contributed by atoms with van der Waals surface area (Å²) in [5.41, 5.74) is 7.15. The highest BCUT2D eigenvalue weighted by atomic mass is 15.3. The average Bonchev–Trinajstić information content (AvgIpc) is 2.82. The summed E-state index contributed by atoms with van der Waals surface area (Å²) in [6, 6.07) is 10.4. The molecule has 2 aromatic rings. The third kappa shape index (κ3) is 2.54. The Morgan fingerprint density at radius 1 is 1.21 bits per heavy atom. The van der Waals surface area contributed by atoms with Gasteiger partial charge in [0.15, 0.2) is 5.82 Å². The highest BCUT2D eigenvalue weighted by molar-refractivity contribution is 5.54. The van der Waals surface area contributed by atoms with Gasteiger partial charge in [-0.25, -0.2) is 4.98 Å². The number of nitrogens with two attached hydrogens (primary N) is 1. The fourth-order valence-electron chi connectivity index (χ4n) is 2.92. The molecule has 2 N–H and O–H groups in total. The summed E-state index contributed by atoms with van der Waals surface area (Å²) in [6.07, 6.45) is 4.54. The van der Waals surface area contributed by atoms with Crippen LogP contribution in [-0.2, 0) is 7.05 Å². The van der Waals surface area contributed by atoms with Crippen molar-refractivity contribution in [2.45, 2.75) is 37.6 Å². The van der Waals surface area contributed by atoms with Crippen LogP contribution in [-0.4, -0.2) is 20.8 Å². The smallest absolute Gasteiger partial charge is 0.181 e. The van der Waals surface area contributed by atoms with Crippen molar-refractivity contribution >= 4 is 0 Å². The van der Waals surface area contributed by atoms with Crippen LogP contribution in [0.15, 0.2) is 30.3 Å². The maximum absolute atomic E-state index is 6.07. The van der Waals surface area contributed by atoms with E-state index in [0.29, 0.717) is 12.0 Å². The molecular formula is C15H20N4. The molecule has 1 aromatic carbocycles. The number of hydrogen-bond donors (Lipinski definition) is 1. The zero-order chi connectivity index (χ0) is 13.2. The summed E-state index contributed by atoms with van der Waals surface area (Å²) >= 11 is 0. The molecule has 1 heterocycles. The van der Waals surface area contributed by atoms with Crippen LogP contribution in [0.25, 0.3) is 11.4 Å². The number of aromatic nitrogens is 3. The molecule has 4 nitrogen and oxygen atoms in total. The Bertz CT molecular complexity index is 547. The van der Waals surface area contributed by atoms with E-state index in [4.69, 9.17) is 10.7 Å². The van der Waals surface area contributed by atoms with Gasteiger partial charge in [-0.2, -0.15) is 5.10 Å². The van der Waals surface area contributed by atoms with Crippen molar-refractivity contribution in [3.05, 3.63) is 36.2 Å². The number of rotatable bonds is 2. The molecule has 3 rings (SSSR count). The quantitative estimate of drug-likeness (QED) is 0.898. The number of benzene rings is 1. The van der Waals surface area contributed by atoms with Gasteiger partial charge in [0.25, 0.3) is 0 Å². The van der Waals surface area contributed by atoms with Gasteiger partial charge in [0, 0.05) is 24.6 Å². The van der Waals surface area contributed by atoms with Crippen molar-refractivity contribution in [3.63, 3.8) is 0 Å². The van der Waals surface area contributed by atoms with Crippen molar-refractivity contribution in [1.82, 2.24) is 14.8 Å². The van der Waals surface area contributed by atoms with Crippen LogP contribution in [0.5, 0.6) is 0 Å². The molecule has 0 radical (unpaired) electrons. The molecule has 1 aliphatic rings. The summed E-state index contributed by atoms with van der Waals surface area (Å²) in [5, 5.41) is 4.55. The van der Waals surface area contributed by atoms with Gasteiger partial charge in [0.1, 0.15) is 5.82 Å². The minimum atomic E-state index is 0.315. The standard InChI is InChI=1S/C15H20N4/c1-19-15(12-8-5-9-13(16)10-12)17-14(18-19)11-6-3-2-4-7-11/h2-4,6-7,12-13H,5,8-10,16H2,1H3. The van der Waals surface area contributed by atoms with Crippen LogP contribution in [0.3, 0.4) is 0 Å². The maximum Gasteiger partial charge on any atom is 0.181 e. The van der Waals surface area contributed by atoms with E-state index in [1.807, 2.05) is 42.1 Å². The fraction of sp³-hybridized carbons (Fsp3) is 0.467. The average molecular weight is 256 g/mol. The van der Waals surface area contributed by atoms with Crippen LogP contribution < -0.4 is 5.73 Å². The Hall–Kier alpha value is -1.68. The minimum Gasteiger partial charge on any atom is -0.328 e. The van der Waals surface area contributed by atoms with E-state index < -0.39 is 0 Å². The van der Waals surface area contributed by atoms with Crippen molar-refractivity contribution in [3.8, 4) is 11.4 Å². The Balaban J connectivity index is 1.89. The molecule has 1 saturated carbocycles. The topological polar surface area (TPSA) is 56.7 Å². The number of nitrogens with zero attached hydrogens (tertiary/aromatic N) is 3. The van der Waals surface area contributed by atoms with Crippen molar-refractivity contribution in [2.75, 3.05) is 0 Å². The molecule has 1 aromatic heterocycles. The molecule has 0 saturated heterocycles. The van der Waals surface area contributed by atoms with E-state index in [2.05, 4.69) is 5.10 Å². The molecule has 19 heavy (non-hydrogen) atoms. The van der Waals surface area contributed by atoms with Crippen molar-refractivity contribution in [2.24, 2.45) is 12.8 Å². The second-order valence-electron chi connectivity index (χ2n) is 5.41.